The molecule has 4 nitrogen and oxygen atoms in total. The normalized spacial score (nSPS) is 12.7. The third kappa shape index (κ3) is 4.90. The van der Waals surface area contributed by atoms with Crippen molar-refractivity contribution in [3.05, 3.63) is 75.0 Å². The van der Waals surface area contributed by atoms with E-state index in [0.717, 1.165) is 15.6 Å². The Hall–Kier alpha value is -2.31. The molecule has 0 atom stereocenters. The van der Waals surface area contributed by atoms with Crippen molar-refractivity contribution < 1.29 is 0 Å². The van der Waals surface area contributed by atoms with Gasteiger partial charge < -0.3 is 0 Å². The lowest BCUT2D eigenvalue weighted by Gasteiger charge is -2.18. The van der Waals surface area contributed by atoms with Crippen LogP contribution in [-0.4, -0.2) is 21.1 Å². The molecule has 0 saturated carbocycles. The molecule has 0 aliphatic carbocycles. The fraction of sp³-hybridized carbons (Fsp3) is 0.190. The summed E-state index contributed by atoms with van der Waals surface area (Å²) in [6.45, 7) is 6.58. The lowest BCUT2D eigenvalue weighted by atomic mass is 9.87. The number of hydrogen-bond donors (Lipinski definition) is 1. The largest absolute Gasteiger partial charge is 0.250 e. The standard InChI is InChI=1S/C21H21BrN4S/c1-21(2,3)17-11-9-16(10-12-17)19-24-25-20(27)26(19)23-14-18(22)13-15-7-5-4-6-8-15/h4-14H,1-3H3,(H,25,27)/b18-13+,23-14-. The monoisotopic (exact) mass is 440 g/mol. The molecule has 0 bridgehead atoms. The fourth-order valence-electron chi connectivity index (χ4n) is 2.56. The molecule has 1 aromatic heterocycles. The molecule has 0 fully saturated rings. The molecule has 0 radical (unpaired) electrons. The van der Waals surface area contributed by atoms with Crippen molar-refractivity contribution >= 4 is 40.4 Å². The number of hydrogen-bond acceptors (Lipinski definition) is 3. The number of H-pyrrole nitrogens is 1. The maximum Gasteiger partial charge on any atom is 0.216 e. The summed E-state index contributed by atoms with van der Waals surface area (Å²) in [5, 5.41) is 11.6. The van der Waals surface area contributed by atoms with Crippen molar-refractivity contribution in [3.63, 3.8) is 0 Å². The molecular weight excluding hydrogens is 420 g/mol. The Bertz CT molecular complexity index is 1020. The molecule has 3 rings (SSSR count). The first kappa shape index (κ1) is 19.5. The van der Waals surface area contributed by atoms with Crippen LogP contribution in [0.5, 0.6) is 0 Å². The zero-order valence-corrected chi connectivity index (χ0v) is 17.9. The van der Waals surface area contributed by atoms with Crippen molar-refractivity contribution in [2.45, 2.75) is 26.2 Å². The second-order valence-corrected chi connectivity index (χ2v) is 8.48. The number of halogens is 1. The van der Waals surface area contributed by atoms with Gasteiger partial charge in [-0.2, -0.15) is 14.9 Å². The fourth-order valence-corrected chi connectivity index (χ4v) is 3.10. The Balaban J connectivity index is 1.89. The second kappa shape index (κ2) is 8.15. The van der Waals surface area contributed by atoms with Crippen molar-refractivity contribution in [2.24, 2.45) is 5.10 Å². The van der Waals surface area contributed by atoms with Gasteiger partial charge in [-0.3, -0.25) is 0 Å². The average Bonchev–Trinajstić information content (AvgIpc) is 3.01. The van der Waals surface area contributed by atoms with E-state index in [2.05, 4.69) is 64.1 Å². The Morgan fingerprint density at radius 2 is 1.78 bits per heavy atom. The molecule has 1 N–H and O–H groups in total. The van der Waals surface area contributed by atoms with E-state index in [9.17, 15) is 0 Å². The summed E-state index contributed by atoms with van der Waals surface area (Å²) in [6, 6.07) is 18.4. The number of aromatic amines is 1. The molecule has 0 amide bonds. The van der Waals surface area contributed by atoms with Crippen LogP contribution in [0.2, 0.25) is 0 Å². The summed E-state index contributed by atoms with van der Waals surface area (Å²) >= 11 is 8.87. The van der Waals surface area contributed by atoms with E-state index in [1.165, 1.54) is 5.56 Å². The van der Waals surface area contributed by atoms with Gasteiger partial charge in [-0.1, -0.05) is 75.4 Å². The van der Waals surface area contributed by atoms with Crippen LogP contribution in [0.3, 0.4) is 0 Å². The predicted molar refractivity (Wildman–Crippen MR) is 119 cm³/mol. The van der Waals surface area contributed by atoms with Gasteiger partial charge in [0, 0.05) is 10.0 Å². The van der Waals surface area contributed by atoms with Crippen LogP contribution in [0.25, 0.3) is 17.5 Å². The third-order valence-corrected chi connectivity index (χ3v) is 4.76. The van der Waals surface area contributed by atoms with Gasteiger partial charge in [-0.05, 0) is 50.8 Å². The number of benzene rings is 2. The van der Waals surface area contributed by atoms with E-state index in [0.29, 0.717) is 10.6 Å². The molecule has 0 saturated heterocycles. The van der Waals surface area contributed by atoms with Crippen LogP contribution in [0.4, 0.5) is 0 Å². The first-order valence-electron chi connectivity index (χ1n) is 8.59. The van der Waals surface area contributed by atoms with Gasteiger partial charge in [-0.25, -0.2) is 5.10 Å². The summed E-state index contributed by atoms with van der Waals surface area (Å²) in [4.78, 5) is 0. The number of aromatic nitrogens is 3. The van der Waals surface area contributed by atoms with Gasteiger partial charge in [0.15, 0.2) is 5.82 Å². The maximum absolute atomic E-state index is 5.34. The molecular formula is C21H21BrN4S. The number of nitrogens with zero attached hydrogens (tertiary/aromatic N) is 3. The Kier molecular flexibility index (Phi) is 5.87. The van der Waals surface area contributed by atoms with Crippen LogP contribution < -0.4 is 0 Å². The molecule has 0 aliphatic rings. The molecule has 0 aliphatic heterocycles. The SMILES string of the molecule is CC(C)(C)c1ccc(-c2n[nH]c(=S)n2/N=C\C(Br)=C/c2ccccc2)cc1. The van der Waals surface area contributed by atoms with Crippen LogP contribution in [0.15, 0.2) is 64.2 Å². The van der Waals surface area contributed by atoms with Crippen molar-refractivity contribution in [3.8, 4) is 11.4 Å². The zero-order chi connectivity index (χ0) is 19.4. The number of nitrogens with one attached hydrogen (secondary N) is 1. The van der Waals surface area contributed by atoms with E-state index in [1.807, 2.05) is 48.5 Å². The number of allylic oxidation sites excluding steroid dienone is 1. The predicted octanol–water partition coefficient (Wildman–Crippen LogP) is 6.18. The molecule has 138 valence electrons. The van der Waals surface area contributed by atoms with Crippen molar-refractivity contribution in [1.29, 1.82) is 0 Å². The summed E-state index contributed by atoms with van der Waals surface area (Å²) in [5.74, 6) is 0.678. The van der Waals surface area contributed by atoms with E-state index in [1.54, 1.807) is 10.9 Å². The summed E-state index contributed by atoms with van der Waals surface area (Å²) in [5.41, 5.74) is 3.42. The van der Waals surface area contributed by atoms with Crippen LogP contribution in [0.1, 0.15) is 31.9 Å². The second-order valence-electron chi connectivity index (χ2n) is 7.18. The van der Waals surface area contributed by atoms with E-state index >= 15 is 0 Å². The smallest absolute Gasteiger partial charge is 0.216 e. The van der Waals surface area contributed by atoms with Gasteiger partial charge in [0.05, 0.1) is 6.21 Å². The number of rotatable bonds is 4. The molecule has 3 aromatic rings. The van der Waals surface area contributed by atoms with Gasteiger partial charge in [0.2, 0.25) is 4.77 Å². The highest BCUT2D eigenvalue weighted by molar-refractivity contribution is 9.12. The lowest BCUT2D eigenvalue weighted by molar-refractivity contribution is 0.590. The maximum atomic E-state index is 5.34. The molecule has 0 unspecified atom stereocenters. The minimum atomic E-state index is 0.106. The van der Waals surface area contributed by atoms with Gasteiger partial charge in [-0.15, -0.1) is 0 Å². The Morgan fingerprint density at radius 1 is 1.11 bits per heavy atom. The summed E-state index contributed by atoms with van der Waals surface area (Å²) < 4.78 is 2.91. The topological polar surface area (TPSA) is 46.0 Å². The van der Waals surface area contributed by atoms with Gasteiger partial charge in [0.25, 0.3) is 0 Å². The quantitative estimate of drug-likeness (QED) is 0.389. The van der Waals surface area contributed by atoms with Crippen LogP contribution in [0, 0.1) is 4.77 Å². The van der Waals surface area contributed by atoms with Crippen molar-refractivity contribution in [1.82, 2.24) is 14.9 Å². The minimum absolute atomic E-state index is 0.106. The molecule has 0 spiro atoms. The molecule has 27 heavy (non-hydrogen) atoms. The van der Waals surface area contributed by atoms with Crippen LogP contribution >= 0.6 is 28.1 Å². The highest BCUT2D eigenvalue weighted by Gasteiger charge is 2.14. The van der Waals surface area contributed by atoms with E-state index < -0.39 is 0 Å². The zero-order valence-electron chi connectivity index (χ0n) is 15.5. The summed E-state index contributed by atoms with van der Waals surface area (Å²) in [6.07, 6.45) is 3.70. The first-order chi connectivity index (χ1) is 12.8. The highest BCUT2D eigenvalue weighted by atomic mass is 79.9. The van der Waals surface area contributed by atoms with Crippen molar-refractivity contribution in [2.75, 3.05) is 0 Å². The Morgan fingerprint density at radius 3 is 2.41 bits per heavy atom. The van der Waals surface area contributed by atoms with Crippen LogP contribution in [-0.2, 0) is 5.41 Å². The minimum Gasteiger partial charge on any atom is -0.250 e. The Labute approximate surface area is 172 Å². The third-order valence-electron chi connectivity index (χ3n) is 4.06. The lowest BCUT2D eigenvalue weighted by Crippen LogP contribution is -2.10. The molecule has 1 heterocycles. The van der Waals surface area contributed by atoms with Gasteiger partial charge in [0.1, 0.15) is 0 Å². The first-order valence-corrected chi connectivity index (χ1v) is 9.80. The highest BCUT2D eigenvalue weighted by Crippen LogP contribution is 2.25. The molecule has 6 heteroatoms. The van der Waals surface area contributed by atoms with E-state index in [-0.39, 0.29) is 5.41 Å². The molecule has 2 aromatic carbocycles. The average molecular weight is 441 g/mol. The van der Waals surface area contributed by atoms with E-state index in [4.69, 9.17) is 12.2 Å². The van der Waals surface area contributed by atoms with Gasteiger partial charge >= 0.3 is 0 Å². The summed E-state index contributed by atoms with van der Waals surface area (Å²) in [7, 11) is 0.